The van der Waals surface area contributed by atoms with E-state index in [4.69, 9.17) is 4.74 Å². The number of benzene rings is 1. The highest BCUT2D eigenvalue weighted by molar-refractivity contribution is 14.1. The molecule has 0 saturated heterocycles. The van der Waals surface area contributed by atoms with Gasteiger partial charge in [-0.1, -0.05) is 26.0 Å². The number of aromatic nitrogens is 1. The monoisotopic (exact) mass is 395 g/mol. The third kappa shape index (κ3) is 3.81. The van der Waals surface area contributed by atoms with Crippen molar-refractivity contribution in [3.8, 4) is 11.3 Å². The lowest BCUT2D eigenvalue weighted by atomic mass is 10.0. The van der Waals surface area contributed by atoms with E-state index < -0.39 is 0 Å². The summed E-state index contributed by atoms with van der Waals surface area (Å²) >= 11 is 2.27. The van der Waals surface area contributed by atoms with Crippen LogP contribution in [-0.2, 0) is 4.74 Å². The van der Waals surface area contributed by atoms with Gasteiger partial charge in [0, 0.05) is 9.13 Å². The highest BCUT2D eigenvalue weighted by Gasteiger charge is 2.17. The summed E-state index contributed by atoms with van der Waals surface area (Å²) in [5.41, 5.74) is 3.27. The first kappa shape index (κ1) is 15.9. The summed E-state index contributed by atoms with van der Waals surface area (Å²) in [4.78, 5) is 16.7. The van der Waals surface area contributed by atoms with Crippen molar-refractivity contribution in [3.05, 3.63) is 51.2 Å². The summed E-state index contributed by atoms with van der Waals surface area (Å²) in [6.07, 6.45) is 0. The quantitative estimate of drug-likeness (QED) is 0.559. The Morgan fingerprint density at radius 2 is 1.86 bits per heavy atom. The van der Waals surface area contributed by atoms with Crippen LogP contribution in [0.1, 0.15) is 42.7 Å². The Balaban J connectivity index is 2.45. The van der Waals surface area contributed by atoms with E-state index in [1.165, 1.54) is 3.57 Å². The molecule has 1 aromatic carbocycles. The molecule has 0 aliphatic heterocycles. The fraction of sp³-hybridized carbons (Fsp3) is 0.294. The van der Waals surface area contributed by atoms with Gasteiger partial charge in [-0.15, -0.1) is 0 Å². The second kappa shape index (κ2) is 7.02. The van der Waals surface area contributed by atoms with Crippen LogP contribution in [0.3, 0.4) is 0 Å². The van der Waals surface area contributed by atoms with Gasteiger partial charge in [-0.25, -0.2) is 4.79 Å². The highest BCUT2D eigenvalue weighted by atomic mass is 127. The van der Waals surface area contributed by atoms with Crippen LogP contribution in [0.15, 0.2) is 36.4 Å². The van der Waals surface area contributed by atoms with Gasteiger partial charge in [0.15, 0.2) is 0 Å². The minimum atomic E-state index is -0.303. The fourth-order valence-corrected chi connectivity index (χ4v) is 2.44. The average molecular weight is 395 g/mol. The Kier molecular flexibility index (Phi) is 5.33. The van der Waals surface area contributed by atoms with Crippen LogP contribution in [0.4, 0.5) is 0 Å². The van der Waals surface area contributed by atoms with E-state index in [1.807, 2.05) is 50.2 Å². The van der Waals surface area contributed by atoms with Crippen LogP contribution in [0.5, 0.6) is 0 Å². The van der Waals surface area contributed by atoms with Gasteiger partial charge in [-0.3, -0.25) is 4.98 Å². The lowest BCUT2D eigenvalue weighted by Crippen LogP contribution is -2.11. The topological polar surface area (TPSA) is 39.2 Å². The van der Waals surface area contributed by atoms with Crippen LogP contribution in [0.25, 0.3) is 11.3 Å². The molecule has 0 unspecified atom stereocenters. The van der Waals surface area contributed by atoms with Gasteiger partial charge in [0.05, 0.1) is 23.6 Å². The molecule has 0 bridgehead atoms. The number of carbonyl (C=O) groups is 1. The summed E-state index contributed by atoms with van der Waals surface area (Å²) in [6.45, 7) is 6.24. The first-order chi connectivity index (χ1) is 10.0. The molecule has 1 heterocycles. The number of pyridine rings is 1. The molecule has 110 valence electrons. The largest absolute Gasteiger partial charge is 0.462 e. The van der Waals surface area contributed by atoms with Gasteiger partial charge in [0.1, 0.15) is 0 Å². The Bertz CT molecular complexity index is 636. The molecule has 0 radical (unpaired) electrons. The SMILES string of the molecule is CCOC(=O)c1ccc(-c2ccc(I)cc2)nc1C(C)C. The molecule has 4 heteroatoms. The first-order valence-corrected chi connectivity index (χ1v) is 8.04. The van der Waals surface area contributed by atoms with E-state index in [9.17, 15) is 4.79 Å². The maximum absolute atomic E-state index is 12.0. The maximum Gasteiger partial charge on any atom is 0.339 e. The molecule has 2 aromatic rings. The van der Waals surface area contributed by atoms with E-state index in [0.29, 0.717) is 12.2 Å². The van der Waals surface area contributed by atoms with Crippen molar-refractivity contribution in [2.75, 3.05) is 6.61 Å². The molecule has 2 rings (SSSR count). The number of nitrogens with zero attached hydrogens (tertiary/aromatic N) is 1. The third-order valence-corrected chi connectivity index (χ3v) is 3.83. The molecular weight excluding hydrogens is 377 g/mol. The second-order valence-electron chi connectivity index (χ2n) is 5.01. The Labute approximate surface area is 138 Å². The van der Waals surface area contributed by atoms with E-state index in [-0.39, 0.29) is 11.9 Å². The zero-order chi connectivity index (χ0) is 15.4. The van der Waals surface area contributed by atoms with Crippen LogP contribution in [-0.4, -0.2) is 17.6 Å². The molecule has 0 atom stereocenters. The number of hydrogen-bond acceptors (Lipinski definition) is 3. The molecule has 0 amide bonds. The lowest BCUT2D eigenvalue weighted by Gasteiger charge is -2.13. The number of hydrogen-bond donors (Lipinski definition) is 0. The summed E-state index contributed by atoms with van der Waals surface area (Å²) in [5.74, 6) is -0.143. The predicted octanol–water partition coefficient (Wildman–Crippen LogP) is 4.65. The Morgan fingerprint density at radius 3 is 2.43 bits per heavy atom. The first-order valence-electron chi connectivity index (χ1n) is 6.97. The molecule has 1 aromatic heterocycles. The molecule has 0 aliphatic carbocycles. The molecule has 3 nitrogen and oxygen atoms in total. The zero-order valence-corrected chi connectivity index (χ0v) is 14.5. The van der Waals surface area contributed by atoms with Crippen molar-refractivity contribution >= 4 is 28.6 Å². The van der Waals surface area contributed by atoms with Crippen molar-refractivity contribution < 1.29 is 9.53 Å². The van der Waals surface area contributed by atoms with Crippen molar-refractivity contribution in [1.82, 2.24) is 4.98 Å². The van der Waals surface area contributed by atoms with Gasteiger partial charge >= 0.3 is 5.97 Å². The van der Waals surface area contributed by atoms with Crippen molar-refractivity contribution in [3.63, 3.8) is 0 Å². The van der Waals surface area contributed by atoms with Crippen molar-refractivity contribution in [2.45, 2.75) is 26.7 Å². The van der Waals surface area contributed by atoms with E-state index in [1.54, 1.807) is 6.92 Å². The summed E-state index contributed by atoms with van der Waals surface area (Å²) < 4.78 is 6.28. The highest BCUT2D eigenvalue weighted by Crippen LogP contribution is 2.24. The molecule has 0 saturated carbocycles. The number of esters is 1. The Hall–Kier alpha value is -1.43. The smallest absolute Gasteiger partial charge is 0.339 e. The minimum absolute atomic E-state index is 0.160. The van der Waals surface area contributed by atoms with Crippen LogP contribution >= 0.6 is 22.6 Å². The van der Waals surface area contributed by atoms with Gasteiger partial charge < -0.3 is 4.74 Å². The molecule has 0 spiro atoms. The molecule has 0 fully saturated rings. The minimum Gasteiger partial charge on any atom is -0.462 e. The van der Waals surface area contributed by atoms with Gasteiger partial charge in [-0.2, -0.15) is 0 Å². The van der Waals surface area contributed by atoms with E-state index in [0.717, 1.165) is 17.0 Å². The summed E-state index contributed by atoms with van der Waals surface area (Å²) in [7, 11) is 0. The third-order valence-electron chi connectivity index (χ3n) is 3.11. The summed E-state index contributed by atoms with van der Waals surface area (Å²) in [5, 5.41) is 0. The zero-order valence-electron chi connectivity index (χ0n) is 12.4. The Morgan fingerprint density at radius 1 is 1.19 bits per heavy atom. The van der Waals surface area contributed by atoms with Gasteiger partial charge in [0.25, 0.3) is 0 Å². The predicted molar refractivity (Wildman–Crippen MR) is 92.4 cm³/mol. The van der Waals surface area contributed by atoms with Gasteiger partial charge in [0.2, 0.25) is 0 Å². The van der Waals surface area contributed by atoms with Crippen LogP contribution < -0.4 is 0 Å². The van der Waals surface area contributed by atoms with E-state index in [2.05, 4.69) is 27.6 Å². The average Bonchev–Trinajstić information content (AvgIpc) is 2.47. The van der Waals surface area contributed by atoms with Crippen LogP contribution in [0.2, 0.25) is 0 Å². The van der Waals surface area contributed by atoms with Crippen molar-refractivity contribution in [1.29, 1.82) is 0 Å². The number of ether oxygens (including phenoxy) is 1. The summed E-state index contributed by atoms with van der Waals surface area (Å²) in [6, 6.07) is 11.9. The van der Waals surface area contributed by atoms with Crippen LogP contribution in [0, 0.1) is 3.57 Å². The molecule has 21 heavy (non-hydrogen) atoms. The van der Waals surface area contributed by atoms with Crippen molar-refractivity contribution in [2.24, 2.45) is 0 Å². The normalized spacial score (nSPS) is 10.7. The number of carbonyl (C=O) groups excluding carboxylic acids is 1. The molecule has 0 aliphatic rings. The fourth-order valence-electron chi connectivity index (χ4n) is 2.08. The molecule has 0 N–H and O–H groups in total. The van der Waals surface area contributed by atoms with E-state index >= 15 is 0 Å². The second-order valence-corrected chi connectivity index (χ2v) is 6.26. The standard InChI is InChI=1S/C17H18INO2/c1-4-21-17(20)14-9-10-15(19-16(14)11(2)3)12-5-7-13(18)8-6-12/h5-11H,4H2,1-3H3. The number of rotatable bonds is 4. The maximum atomic E-state index is 12.0. The lowest BCUT2D eigenvalue weighted by molar-refractivity contribution is 0.0524. The molecular formula is C17H18INO2. The number of halogens is 1. The van der Waals surface area contributed by atoms with Gasteiger partial charge in [-0.05, 0) is 59.7 Å².